The molecule has 0 aromatic heterocycles. The molecule has 2 rings (SSSR count). The van der Waals surface area contributed by atoms with E-state index in [1.807, 2.05) is 0 Å². The molecular weight excluding hydrogens is 158 g/mol. The predicted octanol–water partition coefficient (Wildman–Crippen LogP) is 2.96. The van der Waals surface area contributed by atoms with Gasteiger partial charge in [0.25, 0.3) is 0 Å². The summed E-state index contributed by atoms with van der Waals surface area (Å²) < 4.78 is 0. The molecule has 0 aliphatic heterocycles. The number of nitrogens with one attached hydrogen (secondary N) is 1. The molecule has 1 heteroatoms. The molecule has 1 nitrogen and oxygen atoms in total. The van der Waals surface area contributed by atoms with Crippen molar-refractivity contribution in [1.82, 2.24) is 5.32 Å². The van der Waals surface area contributed by atoms with Crippen LogP contribution in [0, 0.1) is 11.3 Å². The summed E-state index contributed by atoms with van der Waals surface area (Å²) in [6.07, 6.45) is 12.0. The van der Waals surface area contributed by atoms with Gasteiger partial charge in [-0.25, -0.2) is 0 Å². The molecule has 2 aliphatic carbocycles. The second-order valence-electron chi connectivity index (χ2n) is 5.08. The Morgan fingerprint density at radius 3 is 2.23 bits per heavy atom. The molecule has 0 radical (unpaired) electrons. The Morgan fingerprint density at radius 2 is 1.69 bits per heavy atom. The van der Waals surface area contributed by atoms with E-state index in [0.29, 0.717) is 5.41 Å². The highest BCUT2D eigenvalue weighted by atomic mass is 14.8. The summed E-state index contributed by atoms with van der Waals surface area (Å²) in [6.45, 7) is 1.28. The zero-order valence-electron chi connectivity index (χ0n) is 8.94. The lowest BCUT2D eigenvalue weighted by molar-refractivity contribution is 0.167. The van der Waals surface area contributed by atoms with E-state index in [1.54, 1.807) is 0 Å². The highest BCUT2D eigenvalue weighted by Gasteiger charge is 2.41. The van der Waals surface area contributed by atoms with Gasteiger partial charge in [-0.15, -0.1) is 0 Å². The molecule has 0 atom stereocenters. The first kappa shape index (κ1) is 9.51. The van der Waals surface area contributed by atoms with Crippen molar-refractivity contribution >= 4 is 0 Å². The monoisotopic (exact) mass is 181 g/mol. The molecule has 0 saturated heterocycles. The summed E-state index contributed by atoms with van der Waals surface area (Å²) in [4.78, 5) is 0. The van der Waals surface area contributed by atoms with Gasteiger partial charge in [0.05, 0.1) is 0 Å². The van der Waals surface area contributed by atoms with Crippen molar-refractivity contribution in [3.63, 3.8) is 0 Å². The maximum absolute atomic E-state index is 3.43. The van der Waals surface area contributed by atoms with Crippen molar-refractivity contribution in [3.05, 3.63) is 0 Å². The summed E-state index contributed by atoms with van der Waals surface area (Å²) in [5.74, 6) is 1.06. The van der Waals surface area contributed by atoms with Crippen LogP contribution in [0.4, 0.5) is 0 Å². The largest absolute Gasteiger partial charge is 0.319 e. The molecule has 2 saturated carbocycles. The molecule has 13 heavy (non-hydrogen) atoms. The normalized spacial score (nSPS) is 28.4. The van der Waals surface area contributed by atoms with Gasteiger partial charge in [-0.05, 0) is 44.1 Å². The molecule has 2 aliphatic rings. The van der Waals surface area contributed by atoms with E-state index in [9.17, 15) is 0 Å². The van der Waals surface area contributed by atoms with Gasteiger partial charge >= 0.3 is 0 Å². The molecule has 2 fully saturated rings. The Labute approximate surface area is 82.3 Å². The molecule has 0 amide bonds. The summed E-state index contributed by atoms with van der Waals surface area (Å²) in [7, 11) is 2.12. The van der Waals surface area contributed by atoms with Crippen LogP contribution in [0.3, 0.4) is 0 Å². The van der Waals surface area contributed by atoms with Gasteiger partial charge < -0.3 is 5.32 Å². The van der Waals surface area contributed by atoms with Crippen molar-refractivity contribution in [2.24, 2.45) is 11.3 Å². The molecule has 76 valence electrons. The van der Waals surface area contributed by atoms with Crippen LogP contribution in [-0.4, -0.2) is 13.6 Å². The van der Waals surface area contributed by atoms with E-state index < -0.39 is 0 Å². The molecule has 0 spiro atoms. The summed E-state index contributed by atoms with van der Waals surface area (Å²) in [5.41, 5.74) is 0.714. The zero-order valence-corrected chi connectivity index (χ0v) is 8.94. The number of rotatable bonds is 3. The fourth-order valence-corrected chi connectivity index (χ4v) is 3.70. The Bertz CT molecular complexity index is 153. The van der Waals surface area contributed by atoms with Crippen molar-refractivity contribution in [3.8, 4) is 0 Å². The molecule has 0 heterocycles. The Hall–Kier alpha value is -0.0400. The SMILES string of the molecule is CNCC1(C2CCCC2)CCCC1. The lowest BCUT2D eigenvalue weighted by atomic mass is 9.73. The third-order valence-corrected chi connectivity index (χ3v) is 4.35. The lowest BCUT2D eigenvalue weighted by Gasteiger charge is -2.35. The van der Waals surface area contributed by atoms with Crippen LogP contribution in [0.2, 0.25) is 0 Å². The van der Waals surface area contributed by atoms with Gasteiger partial charge in [0.2, 0.25) is 0 Å². The standard InChI is InChI=1S/C12H23N/c1-13-10-12(8-4-5-9-12)11-6-2-3-7-11/h11,13H,2-10H2,1H3. The molecule has 0 aromatic carbocycles. The van der Waals surface area contributed by atoms with E-state index in [1.165, 1.54) is 57.9 Å². The van der Waals surface area contributed by atoms with Crippen molar-refractivity contribution in [2.45, 2.75) is 51.4 Å². The van der Waals surface area contributed by atoms with Crippen molar-refractivity contribution < 1.29 is 0 Å². The molecule has 0 bridgehead atoms. The Morgan fingerprint density at radius 1 is 1.08 bits per heavy atom. The van der Waals surface area contributed by atoms with Gasteiger partial charge in [-0.1, -0.05) is 25.7 Å². The predicted molar refractivity (Wildman–Crippen MR) is 56.8 cm³/mol. The van der Waals surface area contributed by atoms with Crippen molar-refractivity contribution in [1.29, 1.82) is 0 Å². The minimum atomic E-state index is 0.714. The maximum Gasteiger partial charge on any atom is 0.000746 e. The van der Waals surface area contributed by atoms with Crippen molar-refractivity contribution in [2.75, 3.05) is 13.6 Å². The molecule has 0 unspecified atom stereocenters. The molecule has 1 N–H and O–H groups in total. The van der Waals surface area contributed by atoms with E-state index in [-0.39, 0.29) is 0 Å². The molecular formula is C12H23N. The first-order valence-electron chi connectivity index (χ1n) is 6.02. The van der Waals surface area contributed by atoms with E-state index >= 15 is 0 Å². The minimum Gasteiger partial charge on any atom is -0.319 e. The lowest BCUT2D eigenvalue weighted by Crippen LogP contribution is -2.36. The van der Waals surface area contributed by atoms with Crippen LogP contribution in [0.1, 0.15) is 51.4 Å². The van der Waals surface area contributed by atoms with Gasteiger partial charge in [0, 0.05) is 6.54 Å². The van der Waals surface area contributed by atoms with Crippen LogP contribution < -0.4 is 5.32 Å². The first-order valence-corrected chi connectivity index (χ1v) is 6.02. The maximum atomic E-state index is 3.43. The average molecular weight is 181 g/mol. The Balaban J connectivity index is 2.02. The van der Waals surface area contributed by atoms with E-state index in [2.05, 4.69) is 12.4 Å². The highest BCUT2D eigenvalue weighted by Crippen LogP contribution is 2.49. The van der Waals surface area contributed by atoms with E-state index in [0.717, 1.165) is 5.92 Å². The van der Waals surface area contributed by atoms with Gasteiger partial charge in [0.15, 0.2) is 0 Å². The fraction of sp³-hybridized carbons (Fsp3) is 1.00. The highest BCUT2D eigenvalue weighted by molar-refractivity contribution is 4.93. The van der Waals surface area contributed by atoms with Gasteiger partial charge in [-0.3, -0.25) is 0 Å². The fourth-order valence-electron chi connectivity index (χ4n) is 3.70. The smallest absolute Gasteiger partial charge is 0.000746 e. The van der Waals surface area contributed by atoms with Crippen LogP contribution in [0.5, 0.6) is 0 Å². The van der Waals surface area contributed by atoms with Gasteiger partial charge in [0.1, 0.15) is 0 Å². The Kier molecular flexibility index (Phi) is 2.92. The topological polar surface area (TPSA) is 12.0 Å². The van der Waals surface area contributed by atoms with Crippen LogP contribution in [-0.2, 0) is 0 Å². The molecule has 0 aromatic rings. The zero-order chi connectivity index (χ0) is 9.15. The van der Waals surface area contributed by atoms with Gasteiger partial charge in [-0.2, -0.15) is 0 Å². The second-order valence-corrected chi connectivity index (χ2v) is 5.08. The van der Waals surface area contributed by atoms with Crippen LogP contribution in [0.25, 0.3) is 0 Å². The number of hydrogen-bond donors (Lipinski definition) is 1. The summed E-state index contributed by atoms with van der Waals surface area (Å²) in [6, 6.07) is 0. The quantitative estimate of drug-likeness (QED) is 0.706. The second kappa shape index (κ2) is 4.00. The van der Waals surface area contributed by atoms with E-state index in [4.69, 9.17) is 0 Å². The number of hydrogen-bond acceptors (Lipinski definition) is 1. The third-order valence-electron chi connectivity index (χ3n) is 4.35. The summed E-state index contributed by atoms with van der Waals surface area (Å²) >= 11 is 0. The third kappa shape index (κ3) is 1.76. The first-order chi connectivity index (χ1) is 6.37. The van der Waals surface area contributed by atoms with Crippen LogP contribution >= 0.6 is 0 Å². The summed E-state index contributed by atoms with van der Waals surface area (Å²) in [5, 5.41) is 3.43. The van der Waals surface area contributed by atoms with Crippen LogP contribution in [0.15, 0.2) is 0 Å². The average Bonchev–Trinajstić information content (AvgIpc) is 2.73. The minimum absolute atomic E-state index is 0.714.